The Morgan fingerprint density at radius 3 is 1.80 bits per heavy atom. The van der Waals surface area contributed by atoms with Gasteiger partial charge in [-0.25, -0.2) is 9.13 Å². The molecule has 0 aliphatic rings. The molecular formula is C14H18N2O3S+2. The van der Waals surface area contributed by atoms with Crippen molar-refractivity contribution in [2.75, 3.05) is 5.75 Å². The van der Waals surface area contributed by atoms with Gasteiger partial charge in [0.1, 0.15) is 12.3 Å². The second-order valence-corrected chi connectivity index (χ2v) is 6.10. The minimum absolute atomic E-state index is 0.240. The lowest BCUT2D eigenvalue weighted by atomic mass is 10.1. The molecule has 0 bridgehead atoms. The molecule has 0 aliphatic heterocycles. The van der Waals surface area contributed by atoms with Crippen LogP contribution >= 0.6 is 0 Å². The monoisotopic (exact) mass is 294 g/mol. The van der Waals surface area contributed by atoms with Crippen LogP contribution < -0.4 is 9.13 Å². The third-order valence-corrected chi connectivity index (χ3v) is 3.79. The van der Waals surface area contributed by atoms with Gasteiger partial charge in [-0.3, -0.25) is 4.55 Å². The zero-order valence-corrected chi connectivity index (χ0v) is 12.1. The molecule has 106 valence electrons. The molecule has 0 atom stereocenters. The van der Waals surface area contributed by atoms with Crippen LogP contribution in [0.5, 0.6) is 0 Å². The van der Waals surface area contributed by atoms with Crippen LogP contribution in [0.3, 0.4) is 0 Å². The molecule has 2 aromatic heterocycles. The Kier molecular flexibility index (Phi) is 4.46. The van der Waals surface area contributed by atoms with Gasteiger partial charge in [0.15, 0.2) is 31.3 Å². The Hall–Kier alpha value is -1.79. The molecule has 2 aromatic rings. The first-order valence-electron chi connectivity index (χ1n) is 6.41. The Morgan fingerprint density at radius 1 is 0.950 bits per heavy atom. The molecular weight excluding hydrogens is 276 g/mol. The second kappa shape index (κ2) is 6.11. The van der Waals surface area contributed by atoms with E-state index in [-0.39, 0.29) is 12.3 Å². The van der Waals surface area contributed by atoms with Crippen LogP contribution in [-0.4, -0.2) is 18.7 Å². The highest BCUT2D eigenvalue weighted by Crippen LogP contribution is 2.15. The highest BCUT2D eigenvalue weighted by molar-refractivity contribution is 7.85. The van der Waals surface area contributed by atoms with Gasteiger partial charge in [-0.1, -0.05) is 0 Å². The molecule has 0 saturated heterocycles. The Balaban J connectivity index is 2.10. The summed E-state index contributed by atoms with van der Waals surface area (Å²) in [5.41, 5.74) is 2.17. The lowest BCUT2D eigenvalue weighted by Crippen LogP contribution is -2.36. The van der Waals surface area contributed by atoms with E-state index >= 15 is 0 Å². The summed E-state index contributed by atoms with van der Waals surface area (Å²) in [4.78, 5) is 0. The maximum atomic E-state index is 10.7. The lowest BCUT2D eigenvalue weighted by molar-refractivity contribution is -0.693. The SMILES string of the molecule is CC[n+]1ccc(-c2cc[n+](CCS(=O)(=O)O)cc2)cc1. The smallest absolute Gasteiger partial charge is 0.271 e. The molecule has 1 N–H and O–H groups in total. The Labute approximate surface area is 118 Å². The van der Waals surface area contributed by atoms with Crippen LogP contribution in [0.15, 0.2) is 49.1 Å². The number of hydrogen-bond acceptors (Lipinski definition) is 2. The van der Waals surface area contributed by atoms with E-state index in [1.807, 2.05) is 36.7 Å². The fourth-order valence-electron chi connectivity index (χ4n) is 1.88. The number of rotatable bonds is 5. The van der Waals surface area contributed by atoms with Gasteiger partial charge >= 0.3 is 0 Å². The number of nitrogens with zero attached hydrogens (tertiary/aromatic N) is 2. The van der Waals surface area contributed by atoms with Crippen LogP contribution in [0.25, 0.3) is 11.1 Å². The third kappa shape index (κ3) is 4.11. The van der Waals surface area contributed by atoms with Crippen LogP contribution in [0, 0.1) is 0 Å². The van der Waals surface area contributed by atoms with Crippen molar-refractivity contribution in [3.8, 4) is 11.1 Å². The molecule has 0 fully saturated rings. The molecule has 0 saturated carbocycles. The molecule has 0 amide bonds. The summed E-state index contributed by atoms with van der Waals surface area (Å²) in [6.07, 6.45) is 7.66. The van der Waals surface area contributed by atoms with E-state index in [2.05, 4.69) is 11.5 Å². The summed E-state index contributed by atoms with van der Waals surface area (Å²) in [5.74, 6) is -0.279. The average Bonchev–Trinajstić information content (AvgIpc) is 2.45. The predicted octanol–water partition coefficient (Wildman–Crippen LogP) is 0.836. The fourth-order valence-corrected chi connectivity index (χ4v) is 2.32. The summed E-state index contributed by atoms with van der Waals surface area (Å²) in [7, 11) is -3.92. The van der Waals surface area contributed by atoms with Crippen molar-refractivity contribution >= 4 is 10.1 Å². The maximum Gasteiger partial charge on any atom is 0.271 e. The molecule has 2 rings (SSSR count). The van der Waals surface area contributed by atoms with Crippen LogP contribution in [0.4, 0.5) is 0 Å². The van der Waals surface area contributed by atoms with Gasteiger partial charge < -0.3 is 0 Å². The van der Waals surface area contributed by atoms with Crippen molar-refractivity contribution < 1.29 is 22.1 Å². The topological polar surface area (TPSA) is 62.1 Å². The van der Waals surface area contributed by atoms with Crippen LogP contribution in [0.1, 0.15) is 6.92 Å². The summed E-state index contributed by atoms with van der Waals surface area (Å²) in [6, 6.07) is 7.94. The maximum absolute atomic E-state index is 10.7. The first kappa shape index (κ1) is 14.6. The average molecular weight is 294 g/mol. The van der Waals surface area contributed by atoms with E-state index in [1.54, 1.807) is 17.0 Å². The first-order valence-corrected chi connectivity index (χ1v) is 8.02. The van der Waals surface area contributed by atoms with Gasteiger partial charge in [0, 0.05) is 24.3 Å². The second-order valence-electron chi connectivity index (χ2n) is 4.53. The minimum atomic E-state index is -3.92. The van der Waals surface area contributed by atoms with Crippen molar-refractivity contribution in [1.29, 1.82) is 0 Å². The third-order valence-electron chi connectivity index (χ3n) is 3.09. The number of aryl methyl sites for hydroxylation is 2. The summed E-state index contributed by atoms with van der Waals surface area (Å²) < 4.78 is 33.9. The van der Waals surface area contributed by atoms with Crippen molar-refractivity contribution in [2.45, 2.75) is 20.0 Å². The Bertz CT molecular complexity index is 665. The van der Waals surface area contributed by atoms with E-state index in [0.29, 0.717) is 0 Å². The van der Waals surface area contributed by atoms with Crippen LogP contribution in [0.2, 0.25) is 0 Å². The standard InChI is InChI=1S/C14H17N2O3S/c1-2-15-7-3-13(4-8-15)14-5-9-16(10-6-14)11-12-20(17,18)19/h3-10H,2,11-12H2,1H3/q+1/p+1. The largest absolute Gasteiger partial charge is 0.285 e. The summed E-state index contributed by atoms with van der Waals surface area (Å²) in [5, 5.41) is 0. The van der Waals surface area contributed by atoms with E-state index < -0.39 is 10.1 Å². The summed E-state index contributed by atoms with van der Waals surface area (Å²) in [6.45, 7) is 3.26. The number of aromatic nitrogens is 2. The highest BCUT2D eigenvalue weighted by Gasteiger charge is 2.10. The van der Waals surface area contributed by atoms with Gasteiger partial charge in [-0.05, 0) is 18.1 Å². The predicted molar refractivity (Wildman–Crippen MR) is 74.4 cm³/mol. The molecule has 0 aromatic carbocycles. The van der Waals surface area contributed by atoms with Gasteiger partial charge in [-0.2, -0.15) is 8.42 Å². The number of pyridine rings is 2. The molecule has 2 heterocycles. The van der Waals surface area contributed by atoms with Crippen LogP contribution in [-0.2, 0) is 23.2 Å². The van der Waals surface area contributed by atoms with Gasteiger partial charge in [0.05, 0.1) is 0 Å². The van der Waals surface area contributed by atoms with E-state index in [1.165, 1.54) is 0 Å². The van der Waals surface area contributed by atoms with Gasteiger partial charge in [-0.15, -0.1) is 0 Å². The highest BCUT2D eigenvalue weighted by atomic mass is 32.2. The molecule has 5 nitrogen and oxygen atoms in total. The first-order chi connectivity index (χ1) is 9.48. The molecule has 0 radical (unpaired) electrons. The Morgan fingerprint density at radius 2 is 1.40 bits per heavy atom. The zero-order chi connectivity index (χ0) is 14.6. The van der Waals surface area contributed by atoms with Gasteiger partial charge in [0.2, 0.25) is 0 Å². The normalized spacial score (nSPS) is 11.5. The van der Waals surface area contributed by atoms with Gasteiger partial charge in [0.25, 0.3) is 10.1 Å². The molecule has 6 heteroatoms. The zero-order valence-electron chi connectivity index (χ0n) is 11.3. The van der Waals surface area contributed by atoms with E-state index in [9.17, 15) is 8.42 Å². The minimum Gasteiger partial charge on any atom is -0.285 e. The fraction of sp³-hybridized carbons (Fsp3) is 0.286. The van der Waals surface area contributed by atoms with Crippen molar-refractivity contribution in [1.82, 2.24) is 0 Å². The molecule has 20 heavy (non-hydrogen) atoms. The van der Waals surface area contributed by atoms with Crippen molar-refractivity contribution in [2.24, 2.45) is 0 Å². The molecule has 0 unspecified atom stereocenters. The van der Waals surface area contributed by atoms with E-state index in [0.717, 1.165) is 17.7 Å². The molecule has 0 spiro atoms. The molecule has 0 aliphatic carbocycles. The quantitative estimate of drug-likeness (QED) is 0.656. The number of hydrogen-bond donors (Lipinski definition) is 1. The van der Waals surface area contributed by atoms with Crippen molar-refractivity contribution in [3.63, 3.8) is 0 Å². The summed E-state index contributed by atoms with van der Waals surface area (Å²) >= 11 is 0. The van der Waals surface area contributed by atoms with Crippen molar-refractivity contribution in [3.05, 3.63) is 49.1 Å². The lowest BCUT2D eigenvalue weighted by Gasteiger charge is -2.00. The van der Waals surface area contributed by atoms with E-state index in [4.69, 9.17) is 4.55 Å².